The third kappa shape index (κ3) is 33.5. The zero-order valence-electron chi connectivity index (χ0n) is 80.0. The molecule has 724 valence electrons. The van der Waals surface area contributed by atoms with Crippen LogP contribution in [0.5, 0.6) is 0 Å². The molecular weight excluding hydrogens is 1800 g/mol. The molecule has 0 unspecified atom stereocenters. The second-order valence-electron chi connectivity index (χ2n) is 35.3. The number of piperidine rings is 5. The largest absolute Gasteiger partial charge is 0.444 e. The van der Waals surface area contributed by atoms with Gasteiger partial charge in [0.1, 0.15) is 45.5 Å². The first-order valence-electron chi connectivity index (χ1n) is 44.5. The van der Waals surface area contributed by atoms with E-state index in [0.29, 0.717) is 159 Å². The molecule has 4 spiro atoms. The average Bonchev–Trinajstić information content (AvgIpc) is 1.52. The number of ketones is 5. The molecule has 9 aliphatic heterocycles. The van der Waals surface area contributed by atoms with E-state index in [1.54, 1.807) is 52.8 Å². The Hall–Kier alpha value is -12.0. The minimum Gasteiger partial charge on any atom is -0.444 e. The van der Waals surface area contributed by atoms with E-state index in [0.717, 1.165) is 51.2 Å². The van der Waals surface area contributed by atoms with E-state index in [2.05, 4.69) is 129 Å². The number of hydrogen-bond acceptors (Lipinski definition) is 24. The quantitative estimate of drug-likeness (QED) is 0.0576. The smallest absolute Gasteiger partial charge is 0.410 e. The highest BCUT2D eigenvalue weighted by Gasteiger charge is 2.54. The molecule has 0 bridgehead atoms. The van der Waals surface area contributed by atoms with Crippen LogP contribution in [-0.4, -0.2) is 263 Å². The highest BCUT2D eigenvalue weighted by molar-refractivity contribution is 7.89. The van der Waals surface area contributed by atoms with Crippen LogP contribution in [0.1, 0.15) is 208 Å². The van der Waals surface area contributed by atoms with Gasteiger partial charge in [-0.3, -0.25) is 40.1 Å². The number of nitrogens with zero attached hydrogens (tertiary/aromatic N) is 7. The first-order chi connectivity index (χ1) is 64.2. The maximum absolute atomic E-state index is 13.4. The number of ether oxygens (including phenoxy) is 7. The number of carbonyl (C=O) groups excluding carboxylic acids is 8. The molecule has 0 aromatic heterocycles. The minimum atomic E-state index is -3.79. The summed E-state index contributed by atoms with van der Waals surface area (Å²) in [4.78, 5) is 100. The maximum atomic E-state index is 13.4. The predicted molar refractivity (Wildman–Crippen MR) is 514 cm³/mol. The number of amides is 3. The standard InChI is InChI=1S/C24H28N2O5S.C20H28N2O6S.C15H20N2O4S.C12H22N2O3.C11H4.C11H3.C10H17NO3/c1-18(27)21-5-3-20(4-6-21)17-25-13-11-24(12-14-25)26(15-16-31-24)32(29,30)23-9-7-22(8-10-23)19(2)28;1-15(23)16-5-7-17(8-6-16)29(25,26)22-13-14-27-20(22)9-11-21(12-10-20)18(24)28-19(2,3)4;1-12(18)13-2-4-14(5-3-13)22(19,20)17-10-11-21-15(17)6-8-16-9-7-15;1-11(2,3)17-10(15)14-7-4-12(5-8-14)13-6-9-16-12;2*1-3-5-7-9-11-10-8-6-4-2;1-10(2,3)14-9(13)11-6-4-8(12)5-7-11/h3-10H,11-17H2,1-2H3;5-8H,9-14H2,1-4H3;2-5,16H,6-11H2,1H3;13H,4-9H2,1-3H3;1H,2H3;1H,2H2;4-7H2,1-3H3/q;;;;;-1;. The zero-order chi connectivity index (χ0) is 100. The molecule has 9 aliphatic rings. The Balaban J connectivity index is 0.000000224. The molecule has 9 saturated heterocycles. The van der Waals surface area contributed by atoms with Crippen LogP contribution >= 0.6 is 0 Å². The van der Waals surface area contributed by atoms with Gasteiger partial charge in [-0.05, 0) is 235 Å². The summed E-state index contributed by atoms with van der Waals surface area (Å²) in [5.41, 5.74) is -0.886. The van der Waals surface area contributed by atoms with Crippen LogP contribution in [0.25, 0.3) is 0 Å². The number of benzene rings is 4. The molecule has 0 saturated carbocycles. The van der Waals surface area contributed by atoms with Crippen molar-refractivity contribution < 1.29 is 96.8 Å². The molecule has 0 atom stereocenters. The summed E-state index contributed by atoms with van der Waals surface area (Å²) < 4.78 is 123. The van der Waals surface area contributed by atoms with Crippen LogP contribution < -0.4 is 10.6 Å². The fourth-order valence-electron chi connectivity index (χ4n) is 15.3. The monoisotopic (exact) mass is 1920 g/mol. The Bertz CT molecular complexity index is 5820. The Labute approximate surface area is 803 Å². The van der Waals surface area contributed by atoms with E-state index < -0.39 is 70.1 Å². The molecule has 4 aromatic rings. The lowest BCUT2D eigenvalue weighted by Gasteiger charge is -2.42. The second-order valence-corrected chi connectivity index (χ2v) is 40.9. The molecular formula is C103H122N9O21S3-. The minimum absolute atomic E-state index is 0.0482. The highest BCUT2D eigenvalue weighted by atomic mass is 32.2. The van der Waals surface area contributed by atoms with E-state index in [4.69, 9.17) is 46.0 Å². The van der Waals surface area contributed by atoms with Gasteiger partial charge in [0.05, 0.1) is 41.1 Å². The molecule has 30 nitrogen and oxygen atoms in total. The summed E-state index contributed by atoms with van der Waals surface area (Å²) >= 11 is 0. The van der Waals surface area contributed by atoms with Gasteiger partial charge in [0, 0.05) is 172 Å². The lowest BCUT2D eigenvalue weighted by molar-refractivity contribution is -0.121. The molecule has 9 heterocycles. The predicted octanol–water partition coefficient (Wildman–Crippen LogP) is 10.8. The third-order valence-electron chi connectivity index (χ3n) is 22.1. The van der Waals surface area contributed by atoms with Crippen molar-refractivity contribution in [1.82, 2.24) is 43.1 Å². The summed E-state index contributed by atoms with van der Waals surface area (Å²) in [6.45, 7) is 37.9. The van der Waals surface area contributed by atoms with Gasteiger partial charge < -0.3 is 53.2 Å². The summed E-state index contributed by atoms with van der Waals surface area (Å²) in [6, 6.07) is 25.8. The average molecular weight is 1920 g/mol. The van der Waals surface area contributed by atoms with Crippen LogP contribution in [0, 0.1) is 126 Å². The van der Waals surface area contributed by atoms with Crippen LogP contribution in [0.3, 0.4) is 0 Å². The SMILES string of the molecule is C#CC#CC#CC#CC#CC.C#CC#CC#CC#CC#C[CH2-].CC(=O)c1ccc(CN2CCC3(CC2)OCCN3S(=O)(=O)c2ccc(C(C)=O)cc2)cc1.CC(=O)c1ccc(S(=O)(=O)N2CCOC23CCN(C(=O)OC(C)(C)C)CC3)cc1.CC(=O)c1ccc(S(=O)(=O)N2CCOC23CCNCC3)cc1.CC(C)(C)OC(=O)N1CCC(=O)CC1.CC(C)(C)OC(=O)N1CCC2(CC1)NCCO2. The molecule has 9 fully saturated rings. The van der Waals surface area contributed by atoms with Gasteiger partial charge in [-0.25, -0.2) is 45.6 Å². The number of hydrogen-bond donors (Lipinski definition) is 2. The van der Waals surface area contributed by atoms with Crippen molar-refractivity contribution in [2.24, 2.45) is 0 Å². The van der Waals surface area contributed by atoms with Gasteiger partial charge in [0.15, 0.2) is 23.1 Å². The first-order valence-corrected chi connectivity index (χ1v) is 48.9. The first kappa shape index (κ1) is 111. The number of likely N-dealkylation sites (tertiary alicyclic amines) is 4. The number of nitrogens with one attached hydrogen (secondary N) is 2. The Morgan fingerprint density at radius 3 is 1.00 bits per heavy atom. The van der Waals surface area contributed by atoms with Crippen molar-refractivity contribution in [2.45, 2.75) is 222 Å². The Morgan fingerprint density at radius 2 is 0.691 bits per heavy atom. The molecule has 136 heavy (non-hydrogen) atoms. The number of terminal acetylenes is 2. The van der Waals surface area contributed by atoms with Crippen molar-refractivity contribution in [1.29, 1.82) is 0 Å². The normalized spacial score (nSPS) is 17.9. The van der Waals surface area contributed by atoms with Crippen molar-refractivity contribution in [3.05, 3.63) is 132 Å². The van der Waals surface area contributed by atoms with Crippen molar-refractivity contribution >= 4 is 77.3 Å². The fraction of sp³-hybridized carbons (Fsp3) is 0.485. The van der Waals surface area contributed by atoms with Crippen molar-refractivity contribution in [2.75, 3.05) is 118 Å². The topological polar surface area (TPSA) is 350 Å². The molecule has 0 aliphatic carbocycles. The second kappa shape index (κ2) is 51.2. The molecule has 0 radical (unpaired) electrons. The van der Waals surface area contributed by atoms with Crippen molar-refractivity contribution in [3.63, 3.8) is 0 Å². The van der Waals surface area contributed by atoms with Gasteiger partial charge in [-0.2, -0.15) is 19.8 Å². The van der Waals surface area contributed by atoms with E-state index in [1.165, 1.54) is 82.2 Å². The maximum Gasteiger partial charge on any atom is 0.410 e. The lowest BCUT2D eigenvalue weighted by atomic mass is 10.00. The van der Waals surface area contributed by atoms with E-state index in [-0.39, 0.29) is 68.1 Å². The molecule has 3 amide bonds. The summed E-state index contributed by atoms with van der Waals surface area (Å²) in [5.74, 6) is 43.3. The van der Waals surface area contributed by atoms with E-state index in [1.807, 2.05) is 86.6 Å². The van der Waals surface area contributed by atoms with Gasteiger partial charge >= 0.3 is 18.3 Å². The van der Waals surface area contributed by atoms with Crippen LogP contribution in [0.15, 0.2) is 112 Å². The summed E-state index contributed by atoms with van der Waals surface area (Å²) in [5, 5.41) is 6.61. The molecule has 4 aromatic carbocycles. The fourth-order valence-corrected chi connectivity index (χ4v) is 20.5. The Morgan fingerprint density at radius 1 is 0.390 bits per heavy atom. The molecule has 2 N–H and O–H groups in total. The number of rotatable bonds is 12. The van der Waals surface area contributed by atoms with Crippen LogP contribution in [-0.2, 0) is 74.6 Å². The third-order valence-corrected chi connectivity index (χ3v) is 28.0. The van der Waals surface area contributed by atoms with Gasteiger partial charge in [0.2, 0.25) is 30.1 Å². The summed E-state index contributed by atoms with van der Waals surface area (Å²) in [6.07, 6.45) is 14.6. The van der Waals surface area contributed by atoms with Crippen LogP contribution in [0.2, 0.25) is 0 Å². The zero-order valence-corrected chi connectivity index (χ0v) is 82.5. The highest BCUT2D eigenvalue weighted by Crippen LogP contribution is 2.42. The van der Waals surface area contributed by atoms with Gasteiger partial charge in [-0.15, -0.1) is 18.8 Å². The van der Waals surface area contributed by atoms with Crippen LogP contribution in [0.4, 0.5) is 14.4 Å². The van der Waals surface area contributed by atoms with Crippen molar-refractivity contribution in [3.8, 4) is 119 Å². The number of Topliss-reactive ketones (excluding diaryl/α,β-unsaturated/α-hetero) is 5. The number of carbonyl (C=O) groups is 8. The van der Waals surface area contributed by atoms with E-state index in [9.17, 15) is 63.6 Å². The lowest BCUT2D eigenvalue weighted by Crippen LogP contribution is -2.56. The van der Waals surface area contributed by atoms with Gasteiger partial charge in [-0.1, -0.05) is 66.6 Å². The van der Waals surface area contributed by atoms with Gasteiger partial charge in [0.25, 0.3) is 0 Å². The molecule has 33 heteroatoms. The Kier molecular flexibility index (Phi) is 41.8. The number of sulfonamides is 3. The summed E-state index contributed by atoms with van der Waals surface area (Å²) in [7, 11) is -11.1. The van der Waals surface area contributed by atoms with E-state index >= 15 is 0 Å². The molecule has 13 rings (SSSR count).